The van der Waals surface area contributed by atoms with Gasteiger partial charge in [-0.15, -0.1) is 0 Å². The summed E-state index contributed by atoms with van der Waals surface area (Å²) in [5, 5.41) is 40.5. The van der Waals surface area contributed by atoms with Crippen LogP contribution in [0.3, 0.4) is 0 Å². The van der Waals surface area contributed by atoms with Gasteiger partial charge in [-0.2, -0.15) is 0 Å². The van der Waals surface area contributed by atoms with Gasteiger partial charge in [0.2, 0.25) is 6.29 Å². The fourth-order valence-corrected chi connectivity index (χ4v) is 2.50. The SMILES string of the molecule is O=[N+]([O-])c1ccccc1OC1O[C@H](COP(=O)(O)O)[C@H](O)[C@H](O)[C@H]1O. The number of rotatable bonds is 6. The van der Waals surface area contributed by atoms with Gasteiger partial charge in [-0.3, -0.25) is 14.6 Å². The molecule has 0 bridgehead atoms. The molecule has 0 radical (unpaired) electrons. The Balaban J connectivity index is 2.16. The second-order valence-corrected chi connectivity index (χ2v) is 6.38. The lowest BCUT2D eigenvalue weighted by Gasteiger charge is -2.39. The Morgan fingerprint density at radius 1 is 1.16 bits per heavy atom. The summed E-state index contributed by atoms with van der Waals surface area (Å²) in [6.45, 7) is -0.814. The third-order valence-electron chi connectivity index (χ3n) is 3.38. The van der Waals surface area contributed by atoms with Crippen molar-refractivity contribution in [3.05, 3.63) is 34.4 Å². The van der Waals surface area contributed by atoms with E-state index in [4.69, 9.17) is 19.3 Å². The van der Waals surface area contributed by atoms with Crippen molar-refractivity contribution >= 4 is 13.5 Å². The highest BCUT2D eigenvalue weighted by molar-refractivity contribution is 7.46. The number of ether oxygens (including phenoxy) is 2. The predicted molar refractivity (Wildman–Crippen MR) is 78.4 cm³/mol. The van der Waals surface area contributed by atoms with E-state index in [0.29, 0.717) is 0 Å². The zero-order chi connectivity index (χ0) is 18.8. The highest BCUT2D eigenvalue weighted by atomic mass is 31.2. The first-order chi connectivity index (χ1) is 11.6. The minimum absolute atomic E-state index is 0.269. The molecule has 25 heavy (non-hydrogen) atoms. The molecule has 1 aromatic rings. The van der Waals surface area contributed by atoms with E-state index in [1.165, 1.54) is 18.2 Å². The lowest BCUT2D eigenvalue weighted by Crippen LogP contribution is -2.60. The summed E-state index contributed by atoms with van der Waals surface area (Å²) in [6.07, 6.45) is -8.41. The molecule has 12 nitrogen and oxygen atoms in total. The van der Waals surface area contributed by atoms with Crippen LogP contribution in [0.4, 0.5) is 5.69 Å². The molecule has 0 aliphatic carbocycles. The number of nitro groups is 1. The van der Waals surface area contributed by atoms with Gasteiger partial charge in [0.05, 0.1) is 11.5 Å². The molecule has 0 aromatic heterocycles. The van der Waals surface area contributed by atoms with Crippen molar-refractivity contribution in [2.75, 3.05) is 6.61 Å². The van der Waals surface area contributed by atoms with Crippen LogP contribution in [-0.2, 0) is 13.8 Å². The number of para-hydroxylation sites is 2. The zero-order valence-electron chi connectivity index (χ0n) is 12.5. The van der Waals surface area contributed by atoms with Gasteiger partial charge in [-0.25, -0.2) is 4.57 Å². The first-order valence-electron chi connectivity index (χ1n) is 6.90. The summed E-state index contributed by atoms with van der Waals surface area (Å²) < 4.78 is 25.3. The van der Waals surface area contributed by atoms with Crippen LogP contribution in [0.5, 0.6) is 5.75 Å². The second kappa shape index (κ2) is 7.72. The largest absolute Gasteiger partial charge is 0.469 e. The predicted octanol–water partition coefficient (Wildman–Crippen LogP) is -1.11. The van der Waals surface area contributed by atoms with Crippen molar-refractivity contribution in [3.63, 3.8) is 0 Å². The van der Waals surface area contributed by atoms with Crippen LogP contribution in [0, 0.1) is 10.1 Å². The molecule has 1 unspecified atom stereocenters. The van der Waals surface area contributed by atoms with Crippen LogP contribution >= 0.6 is 7.82 Å². The molecular formula is C12H16NO11P. The molecule has 13 heteroatoms. The molecule has 1 fully saturated rings. The number of hydrogen-bond donors (Lipinski definition) is 5. The first-order valence-corrected chi connectivity index (χ1v) is 8.43. The molecule has 1 saturated heterocycles. The molecule has 1 aliphatic rings. The minimum Gasteiger partial charge on any atom is -0.455 e. The molecular weight excluding hydrogens is 365 g/mol. The Bertz CT molecular complexity index is 664. The second-order valence-electron chi connectivity index (χ2n) is 5.14. The van der Waals surface area contributed by atoms with E-state index in [-0.39, 0.29) is 5.75 Å². The molecule has 2 rings (SSSR count). The van der Waals surface area contributed by atoms with Gasteiger partial charge in [-0.1, -0.05) is 12.1 Å². The van der Waals surface area contributed by atoms with E-state index in [1.54, 1.807) is 0 Å². The van der Waals surface area contributed by atoms with Crippen molar-refractivity contribution in [1.82, 2.24) is 0 Å². The lowest BCUT2D eigenvalue weighted by atomic mass is 9.99. The number of nitro benzene ring substituents is 1. The molecule has 5 atom stereocenters. The standard InChI is InChI=1S/C12H16NO11P/c14-9-8(5-22-25(19,20)21)24-12(11(16)10(9)15)23-7-4-2-1-3-6(7)13(17)18/h1-4,8-12,14-16H,5H2,(H2,19,20,21)/t8-,9+,10+,11-,12?/m1/s1. The Kier molecular flexibility index (Phi) is 6.08. The summed E-state index contributed by atoms with van der Waals surface area (Å²) >= 11 is 0. The van der Waals surface area contributed by atoms with Crippen molar-refractivity contribution in [3.8, 4) is 5.75 Å². The van der Waals surface area contributed by atoms with Gasteiger partial charge >= 0.3 is 13.5 Å². The maximum absolute atomic E-state index is 11.0. The van der Waals surface area contributed by atoms with E-state index in [1.807, 2.05) is 0 Å². The van der Waals surface area contributed by atoms with E-state index in [0.717, 1.165) is 6.07 Å². The molecule has 0 saturated carbocycles. The topological polar surface area (TPSA) is 189 Å². The smallest absolute Gasteiger partial charge is 0.455 e. The molecule has 1 aromatic carbocycles. The summed E-state index contributed by atoms with van der Waals surface area (Å²) in [5.41, 5.74) is -0.429. The normalized spacial score (nSPS) is 30.0. The van der Waals surface area contributed by atoms with Crippen molar-refractivity contribution in [2.45, 2.75) is 30.7 Å². The van der Waals surface area contributed by atoms with Gasteiger partial charge in [-0.05, 0) is 6.07 Å². The number of benzene rings is 1. The number of aliphatic hydroxyl groups excluding tert-OH is 3. The first kappa shape index (κ1) is 19.7. The van der Waals surface area contributed by atoms with Gasteiger partial charge in [0, 0.05) is 6.07 Å². The number of phosphoric ester groups is 1. The highest BCUT2D eigenvalue weighted by Gasteiger charge is 2.46. The molecule has 0 amide bonds. The Morgan fingerprint density at radius 3 is 2.40 bits per heavy atom. The third kappa shape index (κ3) is 4.93. The van der Waals surface area contributed by atoms with Gasteiger partial charge in [0.25, 0.3) is 0 Å². The van der Waals surface area contributed by atoms with Crippen LogP contribution in [0.1, 0.15) is 0 Å². The Labute approximate surface area is 140 Å². The van der Waals surface area contributed by atoms with Crippen LogP contribution in [0.2, 0.25) is 0 Å². The van der Waals surface area contributed by atoms with Gasteiger partial charge in [0.1, 0.15) is 24.4 Å². The van der Waals surface area contributed by atoms with Crippen LogP contribution in [0.15, 0.2) is 24.3 Å². The number of aliphatic hydroxyl groups is 3. The molecule has 140 valence electrons. The van der Waals surface area contributed by atoms with Gasteiger partial charge in [0.15, 0.2) is 5.75 Å². The Hall–Kier alpha value is -1.63. The number of phosphoric acid groups is 1. The van der Waals surface area contributed by atoms with E-state index < -0.39 is 55.7 Å². The van der Waals surface area contributed by atoms with E-state index in [2.05, 4.69) is 4.52 Å². The fraction of sp³-hybridized carbons (Fsp3) is 0.500. The van der Waals surface area contributed by atoms with Crippen LogP contribution in [-0.4, -0.2) is 67.3 Å². The van der Waals surface area contributed by atoms with E-state index >= 15 is 0 Å². The quantitative estimate of drug-likeness (QED) is 0.228. The van der Waals surface area contributed by atoms with Crippen molar-refractivity contribution < 1.29 is 48.6 Å². The zero-order valence-corrected chi connectivity index (χ0v) is 13.4. The molecule has 0 spiro atoms. The summed E-state index contributed by atoms with van der Waals surface area (Å²) in [7, 11) is -4.87. The summed E-state index contributed by atoms with van der Waals surface area (Å²) in [5.74, 6) is -0.269. The number of hydrogen-bond acceptors (Lipinski definition) is 9. The van der Waals surface area contributed by atoms with Crippen LogP contribution in [0.25, 0.3) is 0 Å². The molecule has 1 heterocycles. The molecule has 1 aliphatic heterocycles. The van der Waals surface area contributed by atoms with E-state index in [9.17, 15) is 30.0 Å². The van der Waals surface area contributed by atoms with Gasteiger partial charge < -0.3 is 34.6 Å². The summed E-state index contributed by atoms with van der Waals surface area (Å²) in [4.78, 5) is 27.6. The molecule has 5 N–H and O–H groups in total. The number of nitrogens with zero attached hydrogens (tertiary/aromatic N) is 1. The maximum atomic E-state index is 11.0. The monoisotopic (exact) mass is 381 g/mol. The lowest BCUT2D eigenvalue weighted by molar-refractivity contribution is -0.387. The fourth-order valence-electron chi connectivity index (χ4n) is 2.15. The maximum Gasteiger partial charge on any atom is 0.469 e. The Morgan fingerprint density at radius 2 is 1.80 bits per heavy atom. The third-order valence-corrected chi connectivity index (χ3v) is 3.87. The highest BCUT2D eigenvalue weighted by Crippen LogP contribution is 2.37. The van der Waals surface area contributed by atoms with Crippen molar-refractivity contribution in [2.24, 2.45) is 0 Å². The average molecular weight is 381 g/mol. The minimum atomic E-state index is -4.87. The van der Waals surface area contributed by atoms with Crippen molar-refractivity contribution in [1.29, 1.82) is 0 Å². The summed E-state index contributed by atoms with van der Waals surface area (Å²) in [6, 6.07) is 5.19. The van der Waals surface area contributed by atoms with Crippen LogP contribution < -0.4 is 4.74 Å². The average Bonchev–Trinajstić information content (AvgIpc) is 2.53.